The molecule has 0 radical (unpaired) electrons. The van der Waals surface area contributed by atoms with Crippen molar-refractivity contribution in [1.29, 1.82) is 0 Å². The van der Waals surface area contributed by atoms with Gasteiger partial charge in [-0.1, -0.05) is 12.8 Å². The van der Waals surface area contributed by atoms with Crippen LogP contribution >= 0.6 is 0 Å². The minimum Gasteiger partial charge on any atom is -0.381 e. The van der Waals surface area contributed by atoms with Crippen LogP contribution in [-0.2, 0) is 19.6 Å². The Morgan fingerprint density at radius 3 is 2.27 bits per heavy atom. The maximum Gasteiger partial charge on any atom is 0.225 e. The normalized spacial score (nSPS) is 31.5. The molecular weight excluding hydrogens is 352 g/mol. The monoisotopic (exact) mass is 386 g/mol. The average molecular weight is 387 g/mol. The van der Waals surface area contributed by atoms with E-state index in [1.165, 1.54) is 0 Å². The number of nitrogens with zero attached hydrogens (tertiary/aromatic N) is 2. The molecule has 2 saturated carbocycles. The molecule has 1 aliphatic heterocycles. The lowest BCUT2D eigenvalue weighted by molar-refractivity contribution is -0.136. The molecule has 3 aliphatic rings. The van der Waals surface area contributed by atoms with Gasteiger partial charge in [0.2, 0.25) is 15.9 Å². The standard InChI is InChI=1S/C19H34N2O4S/c1-20(16-9-11-17(25-2)12-10-16)26(23,24)18-8-5-13-21(14-18)19(22)15-6-3-4-7-15/h15-18H,3-14H2,1-2H3/t16?,17?,18-/m0/s1. The first kappa shape index (κ1) is 20.1. The number of sulfonamides is 1. The van der Waals surface area contributed by atoms with Gasteiger partial charge < -0.3 is 9.64 Å². The summed E-state index contributed by atoms with van der Waals surface area (Å²) in [6.45, 7) is 1.08. The molecule has 3 fully saturated rings. The first-order valence-electron chi connectivity index (χ1n) is 10.2. The van der Waals surface area contributed by atoms with Crippen LogP contribution in [0.5, 0.6) is 0 Å². The number of ether oxygens (including phenoxy) is 1. The maximum absolute atomic E-state index is 13.2. The fraction of sp³-hybridized carbons (Fsp3) is 0.947. The van der Waals surface area contributed by atoms with Crippen molar-refractivity contribution >= 4 is 15.9 Å². The van der Waals surface area contributed by atoms with E-state index in [1.54, 1.807) is 18.5 Å². The lowest BCUT2D eigenvalue weighted by Crippen LogP contribution is -2.52. The highest BCUT2D eigenvalue weighted by Crippen LogP contribution is 2.31. The first-order valence-corrected chi connectivity index (χ1v) is 11.7. The summed E-state index contributed by atoms with van der Waals surface area (Å²) in [6, 6.07) is 0.0623. The van der Waals surface area contributed by atoms with Gasteiger partial charge in [0.05, 0.1) is 11.4 Å². The lowest BCUT2D eigenvalue weighted by atomic mass is 9.93. The molecule has 1 heterocycles. The van der Waals surface area contributed by atoms with E-state index in [1.807, 2.05) is 4.90 Å². The molecule has 26 heavy (non-hydrogen) atoms. The number of carbonyl (C=O) groups excluding carboxylic acids is 1. The molecule has 1 atom stereocenters. The molecule has 7 heteroatoms. The van der Waals surface area contributed by atoms with Gasteiger partial charge in [-0.15, -0.1) is 0 Å². The van der Waals surface area contributed by atoms with E-state index in [2.05, 4.69) is 0 Å². The number of rotatable bonds is 5. The van der Waals surface area contributed by atoms with Gasteiger partial charge in [-0.25, -0.2) is 12.7 Å². The highest BCUT2D eigenvalue weighted by molar-refractivity contribution is 7.89. The van der Waals surface area contributed by atoms with Crippen LogP contribution in [-0.4, -0.2) is 68.2 Å². The Kier molecular flexibility index (Phi) is 6.62. The minimum absolute atomic E-state index is 0.0623. The third-order valence-corrected chi connectivity index (χ3v) is 9.04. The molecule has 0 spiro atoms. The van der Waals surface area contributed by atoms with Crippen molar-refractivity contribution in [1.82, 2.24) is 9.21 Å². The molecule has 150 valence electrons. The highest BCUT2D eigenvalue weighted by Gasteiger charge is 2.40. The number of hydrogen-bond donors (Lipinski definition) is 0. The summed E-state index contributed by atoms with van der Waals surface area (Å²) in [5, 5.41) is -0.452. The van der Waals surface area contributed by atoms with Gasteiger partial charge in [-0.05, 0) is 51.4 Å². The molecule has 6 nitrogen and oxygen atoms in total. The highest BCUT2D eigenvalue weighted by atomic mass is 32.2. The van der Waals surface area contributed by atoms with Gasteiger partial charge in [-0.2, -0.15) is 0 Å². The van der Waals surface area contributed by atoms with Crippen LogP contribution in [0.4, 0.5) is 0 Å². The smallest absolute Gasteiger partial charge is 0.225 e. The molecule has 0 aromatic carbocycles. The van der Waals surface area contributed by atoms with E-state index >= 15 is 0 Å². The molecule has 0 unspecified atom stereocenters. The van der Waals surface area contributed by atoms with Crippen LogP contribution in [0.3, 0.4) is 0 Å². The zero-order valence-electron chi connectivity index (χ0n) is 16.2. The molecule has 0 aromatic rings. The molecular formula is C19H34N2O4S. The molecule has 1 saturated heterocycles. The molecule has 0 N–H and O–H groups in total. The molecule has 0 aromatic heterocycles. The summed E-state index contributed by atoms with van der Waals surface area (Å²) in [5.41, 5.74) is 0. The van der Waals surface area contributed by atoms with Gasteiger partial charge in [-0.3, -0.25) is 4.79 Å². The summed E-state index contributed by atoms with van der Waals surface area (Å²) in [6.07, 6.45) is 9.42. The number of piperidine rings is 1. The van der Waals surface area contributed by atoms with E-state index < -0.39 is 15.3 Å². The quantitative estimate of drug-likeness (QED) is 0.728. The van der Waals surface area contributed by atoms with E-state index in [0.29, 0.717) is 19.5 Å². The molecule has 0 bridgehead atoms. The summed E-state index contributed by atoms with van der Waals surface area (Å²) in [4.78, 5) is 14.5. The van der Waals surface area contributed by atoms with Crippen LogP contribution < -0.4 is 0 Å². The van der Waals surface area contributed by atoms with Crippen LogP contribution in [0.15, 0.2) is 0 Å². The lowest BCUT2D eigenvalue weighted by Gasteiger charge is -2.39. The van der Waals surface area contributed by atoms with Crippen molar-refractivity contribution in [3.05, 3.63) is 0 Å². The van der Waals surface area contributed by atoms with E-state index in [0.717, 1.165) is 57.8 Å². The van der Waals surface area contributed by atoms with Gasteiger partial charge in [0.25, 0.3) is 0 Å². The fourth-order valence-electron chi connectivity index (χ4n) is 4.90. The third-order valence-electron chi connectivity index (χ3n) is 6.71. The summed E-state index contributed by atoms with van der Waals surface area (Å²) in [7, 11) is 0.0755. The van der Waals surface area contributed by atoms with E-state index in [9.17, 15) is 13.2 Å². The Labute approximate surface area is 158 Å². The average Bonchev–Trinajstić information content (AvgIpc) is 3.21. The molecule has 3 rings (SSSR count). The number of carbonyl (C=O) groups is 1. The Balaban J connectivity index is 1.61. The Morgan fingerprint density at radius 2 is 1.65 bits per heavy atom. The second kappa shape index (κ2) is 8.57. The summed E-state index contributed by atoms with van der Waals surface area (Å²) < 4.78 is 33.4. The minimum atomic E-state index is -3.38. The first-order chi connectivity index (χ1) is 12.4. The van der Waals surface area contributed by atoms with Crippen molar-refractivity contribution in [2.24, 2.45) is 5.92 Å². The van der Waals surface area contributed by atoms with Crippen molar-refractivity contribution in [2.75, 3.05) is 27.2 Å². The van der Waals surface area contributed by atoms with Crippen LogP contribution in [0.1, 0.15) is 64.2 Å². The molecule has 2 aliphatic carbocycles. The maximum atomic E-state index is 13.2. The van der Waals surface area contributed by atoms with E-state index in [-0.39, 0.29) is 24.0 Å². The van der Waals surface area contributed by atoms with Gasteiger partial charge in [0.1, 0.15) is 0 Å². The van der Waals surface area contributed by atoms with Crippen molar-refractivity contribution < 1.29 is 17.9 Å². The third kappa shape index (κ3) is 4.25. The Hall–Kier alpha value is -0.660. The zero-order valence-corrected chi connectivity index (χ0v) is 17.0. The largest absolute Gasteiger partial charge is 0.381 e. The van der Waals surface area contributed by atoms with Crippen molar-refractivity contribution in [3.63, 3.8) is 0 Å². The summed E-state index contributed by atoms with van der Waals surface area (Å²) >= 11 is 0. The number of hydrogen-bond acceptors (Lipinski definition) is 4. The number of amides is 1. The number of likely N-dealkylation sites (tertiary alicyclic amines) is 1. The van der Waals surface area contributed by atoms with Crippen LogP contribution in [0, 0.1) is 5.92 Å². The van der Waals surface area contributed by atoms with Gasteiger partial charge >= 0.3 is 0 Å². The Bertz CT molecular complexity index is 580. The van der Waals surface area contributed by atoms with Crippen molar-refractivity contribution in [2.45, 2.75) is 81.6 Å². The van der Waals surface area contributed by atoms with Crippen LogP contribution in [0.2, 0.25) is 0 Å². The second-order valence-electron chi connectivity index (χ2n) is 8.26. The second-order valence-corrected chi connectivity index (χ2v) is 10.5. The summed E-state index contributed by atoms with van der Waals surface area (Å²) in [5.74, 6) is 0.309. The Morgan fingerprint density at radius 1 is 1.00 bits per heavy atom. The predicted molar refractivity (Wildman–Crippen MR) is 101 cm³/mol. The topological polar surface area (TPSA) is 66.9 Å². The van der Waals surface area contributed by atoms with Gasteiger partial charge in [0.15, 0.2) is 0 Å². The predicted octanol–water partition coefficient (Wildman–Crippen LogP) is 2.39. The van der Waals surface area contributed by atoms with E-state index in [4.69, 9.17) is 4.74 Å². The number of methoxy groups -OCH3 is 1. The fourth-order valence-corrected chi connectivity index (χ4v) is 6.83. The zero-order chi connectivity index (χ0) is 18.7. The van der Waals surface area contributed by atoms with Gasteiger partial charge in [0, 0.05) is 39.2 Å². The van der Waals surface area contributed by atoms with Crippen molar-refractivity contribution in [3.8, 4) is 0 Å². The van der Waals surface area contributed by atoms with Crippen LogP contribution in [0.25, 0.3) is 0 Å². The molecule has 1 amide bonds. The SMILES string of the molecule is COC1CCC(N(C)S(=O)(=O)[C@H]2CCCN(C(=O)C3CCCC3)C2)CC1.